The van der Waals surface area contributed by atoms with Crippen molar-refractivity contribution < 1.29 is 24.2 Å². The Bertz CT molecular complexity index is 690. The van der Waals surface area contributed by atoms with Crippen LogP contribution in [0, 0.1) is 5.41 Å². The van der Waals surface area contributed by atoms with Gasteiger partial charge in [-0.1, -0.05) is 0 Å². The van der Waals surface area contributed by atoms with Crippen molar-refractivity contribution in [3.8, 4) is 11.5 Å². The van der Waals surface area contributed by atoms with Crippen LogP contribution in [-0.4, -0.2) is 66.7 Å². The average molecular weight is 376 g/mol. The third-order valence-corrected chi connectivity index (χ3v) is 5.96. The summed E-state index contributed by atoms with van der Waals surface area (Å²) in [5.74, 6) is 0.702. The first-order valence-electron chi connectivity index (χ1n) is 9.30. The molecule has 0 aliphatic carbocycles. The van der Waals surface area contributed by atoms with Crippen molar-refractivity contribution >= 4 is 11.9 Å². The lowest BCUT2D eigenvalue weighted by Crippen LogP contribution is -2.43. The van der Waals surface area contributed by atoms with Crippen molar-refractivity contribution in [1.82, 2.24) is 9.80 Å². The highest BCUT2D eigenvalue weighted by Crippen LogP contribution is 2.44. The average Bonchev–Trinajstić information content (AvgIpc) is 2.99. The second-order valence-corrected chi connectivity index (χ2v) is 7.69. The summed E-state index contributed by atoms with van der Waals surface area (Å²) >= 11 is 0. The van der Waals surface area contributed by atoms with Gasteiger partial charge in [0.15, 0.2) is 0 Å². The van der Waals surface area contributed by atoms with E-state index in [9.17, 15) is 14.7 Å². The SMILES string of the molecule is COc1cc(CN2CC3(CCN(C(C)=O)CC3)CC2C(=O)O)cc(OC)c1. The molecule has 2 aliphatic rings. The summed E-state index contributed by atoms with van der Waals surface area (Å²) in [6, 6.07) is 5.14. The minimum atomic E-state index is -0.782. The quantitative estimate of drug-likeness (QED) is 0.847. The van der Waals surface area contributed by atoms with Crippen LogP contribution >= 0.6 is 0 Å². The summed E-state index contributed by atoms with van der Waals surface area (Å²) in [5.41, 5.74) is 0.938. The van der Waals surface area contributed by atoms with Crippen LogP contribution in [0.4, 0.5) is 0 Å². The number of piperidine rings is 1. The number of carboxylic acid groups (broad SMARTS) is 1. The Morgan fingerprint density at radius 1 is 1.15 bits per heavy atom. The smallest absolute Gasteiger partial charge is 0.320 e. The van der Waals surface area contributed by atoms with Crippen molar-refractivity contribution in [1.29, 1.82) is 0 Å². The molecule has 1 spiro atoms. The fourth-order valence-electron chi connectivity index (χ4n) is 4.40. The maximum absolute atomic E-state index is 11.9. The molecule has 1 atom stereocenters. The van der Waals surface area contributed by atoms with E-state index >= 15 is 0 Å². The molecule has 27 heavy (non-hydrogen) atoms. The molecule has 0 radical (unpaired) electrons. The van der Waals surface area contributed by atoms with E-state index in [1.54, 1.807) is 27.2 Å². The lowest BCUT2D eigenvalue weighted by molar-refractivity contribution is -0.142. The third kappa shape index (κ3) is 4.18. The van der Waals surface area contributed by atoms with Crippen LogP contribution in [0.25, 0.3) is 0 Å². The number of carbonyl (C=O) groups excluding carboxylic acids is 1. The number of rotatable bonds is 5. The first kappa shape index (κ1) is 19.5. The molecule has 7 nitrogen and oxygen atoms in total. The highest BCUT2D eigenvalue weighted by molar-refractivity contribution is 5.74. The summed E-state index contributed by atoms with van der Waals surface area (Å²) in [7, 11) is 3.21. The zero-order valence-corrected chi connectivity index (χ0v) is 16.2. The second kappa shape index (κ2) is 7.76. The molecule has 2 fully saturated rings. The molecule has 1 aromatic rings. The summed E-state index contributed by atoms with van der Waals surface area (Å²) < 4.78 is 10.7. The van der Waals surface area contributed by atoms with E-state index in [0.717, 1.165) is 24.9 Å². The number of likely N-dealkylation sites (tertiary alicyclic amines) is 2. The van der Waals surface area contributed by atoms with E-state index in [1.807, 2.05) is 21.9 Å². The van der Waals surface area contributed by atoms with Crippen molar-refractivity contribution in [3.05, 3.63) is 23.8 Å². The van der Waals surface area contributed by atoms with Crippen LogP contribution in [0.2, 0.25) is 0 Å². The highest BCUT2D eigenvalue weighted by Gasteiger charge is 2.48. The number of hydrogen-bond acceptors (Lipinski definition) is 5. The van der Waals surface area contributed by atoms with Gasteiger partial charge in [0.05, 0.1) is 14.2 Å². The topological polar surface area (TPSA) is 79.3 Å². The normalized spacial score (nSPS) is 22.0. The third-order valence-electron chi connectivity index (χ3n) is 5.96. The number of hydrogen-bond donors (Lipinski definition) is 1. The monoisotopic (exact) mass is 376 g/mol. The molecule has 1 aromatic carbocycles. The lowest BCUT2D eigenvalue weighted by Gasteiger charge is -2.39. The molecule has 148 valence electrons. The highest BCUT2D eigenvalue weighted by atomic mass is 16.5. The zero-order chi connectivity index (χ0) is 19.6. The fraction of sp³-hybridized carbons (Fsp3) is 0.600. The number of carbonyl (C=O) groups is 2. The van der Waals surface area contributed by atoms with Gasteiger partial charge in [-0.05, 0) is 42.4 Å². The second-order valence-electron chi connectivity index (χ2n) is 7.69. The number of nitrogens with zero attached hydrogens (tertiary/aromatic N) is 2. The molecular formula is C20H28N2O5. The molecule has 1 unspecified atom stereocenters. The Morgan fingerprint density at radius 3 is 2.22 bits per heavy atom. The summed E-state index contributed by atoms with van der Waals surface area (Å²) in [6.07, 6.45) is 2.35. The maximum atomic E-state index is 11.9. The van der Waals surface area contributed by atoms with Gasteiger partial charge in [-0.3, -0.25) is 14.5 Å². The minimum Gasteiger partial charge on any atom is -0.497 e. The Kier molecular flexibility index (Phi) is 5.60. The number of carboxylic acids is 1. The Labute approximate surface area is 159 Å². The molecule has 0 aromatic heterocycles. The van der Waals surface area contributed by atoms with Crippen LogP contribution in [0.15, 0.2) is 18.2 Å². The summed E-state index contributed by atoms with van der Waals surface area (Å²) in [5, 5.41) is 9.76. The van der Waals surface area contributed by atoms with E-state index in [4.69, 9.17) is 9.47 Å². The number of ether oxygens (including phenoxy) is 2. The minimum absolute atomic E-state index is 0.0298. The van der Waals surface area contributed by atoms with Crippen molar-refractivity contribution in [2.75, 3.05) is 33.9 Å². The largest absolute Gasteiger partial charge is 0.497 e. The number of benzene rings is 1. The molecule has 1 amide bonds. The van der Waals surface area contributed by atoms with Gasteiger partial charge in [0.2, 0.25) is 5.91 Å². The zero-order valence-electron chi connectivity index (χ0n) is 16.2. The summed E-state index contributed by atoms with van der Waals surface area (Å²) in [6.45, 7) is 4.28. The van der Waals surface area contributed by atoms with Crippen molar-refractivity contribution in [2.45, 2.75) is 38.8 Å². The van der Waals surface area contributed by atoms with E-state index in [1.165, 1.54) is 0 Å². The van der Waals surface area contributed by atoms with Gasteiger partial charge in [-0.2, -0.15) is 0 Å². The van der Waals surface area contributed by atoms with E-state index in [0.29, 0.717) is 37.6 Å². The number of amides is 1. The first-order valence-corrected chi connectivity index (χ1v) is 9.30. The molecule has 2 aliphatic heterocycles. The molecule has 2 saturated heterocycles. The van der Waals surface area contributed by atoms with Crippen molar-refractivity contribution in [2.24, 2.45) is 5.41 Å². The van der Waals surface area contributed by atoms with Gasteiger partial charge in [0, 0.05) is 39.2 Å². The van der Waals surface area contributed by atoms with Crippen LogP contribution in [0.3, 0.4) is 0 Å². The first-order chi connectivity index (χ1) is 12.9. The molecule has 0 bridgehead atoms. The number of aliphatic carboxylic acids is 1. The maximum Gasteiger partial charge on any atom is 0.320 e. The predicted molar refractivity (Wildman–Crippen MR) is 99.9 cm³/mol. The van der Waals surface area contributed by atoms with Gasteiger partial charge in [-0.15, -0.1) is 0 Å². The number of methoxy groups -OCH3 is 2. The predicted octanol–water partition coefficient (Wildman–Crippen LogP) is 1.99. The van der Waals surface area contributed by atoms with Gasteiger partial charge in [0.25, 0.3) is 0 Å². The lowest BCUT2D eigenvalue weighted by atomic mass is 9.76. The molecular weight excluding hydrogens is 348 g/mol. The van der Waals surface area contributed by atoms with E-state index in [-0.39, 0.29) is 11.3 Å². The Balaban J connectivity index is 1.77. The molecule has 7 heteroatoms. The van der Waals surface area contributed by atoms with Crippen LogP contribution in [0.1, 0.15) is 31.7 Å². The van der Waals surface area contributed by atoms with E-state index in [2.05, 4.69) is 0 Å². The fourth-order valence-corrected chi connectivity index (χ4v) is 4.40. The molecule has 2 heterocycles. The molecule has 0 saturated carbocycles. The van der Waals surface area contributed by atoms with Crippen LogP contribution in [-0.2, 0) is 16.1 Å². The van der Waals surface area contributed by atoms with Crippen LogP contribution < -0.4 is 9.47 Å². The Hall–Kier alpha value is -2.28. The van der Waals surface area contributed by atoms with Gasteiger partial charge >= 0.3 is 5.97 Å². The van der Waals surface area contributed by atoms with Gasteiger partial charge in [0.1, 0.15) is 17.5 Å². The summed E-state index contributed by atoms with van der Waals surface area (Å²) in [4.78, 5) is 27.4. The Morgan fingerprint density at radius 2 is 1.74 bits per heavy atom. The molecule has 1 N–H and O–H groups in total. The van der Waals surface area contributed by atoms with Crippen LogP contribution in [0.5, 0.6) is 11.5 Å². The van der Waals surface area contributed by atoms with Gasteiger partial charge in [-0.25, -0.2) is 0 Å². The van der Waals surface area contributed by atoms with E-state index < -0.39 is 12.0 Å². The standard InChI is InChI=1S/C20H28N2O5/c1-14(23)21-6-4-20(5-7-21)11-18(19(24)25)22(13-20)12-15-8-16(26-2)10-17(9-15)27-3/h8-10,18H,4-7,11-13H2,1-3H3,(H,24,25). The van der Waals surface area contributed by atoms with Crippen molar-refractivity contribution in [3.63, 3.8) is 0 Å². The molecule has 3 rings (SSSR count). The van der Waals surface area contributed by atoms with Gasteiger partial charge < -0.3 is 19.5 Å².